The number of amides is 2. The van der Waals surface area contributed by atoms with Gasteiger partial charge in [0.05, 0.1) is 6.54 Å². The Balaban J connectivity index is 1.39. The van der Waals surface area contributed by atoms with E-state index in [4.69, 9.17) is 0 Å². The minimum atomic E-state index is -0.198. The molecule has 0 saturated carbocycles. The van der Waals surface area contributed by atoms with Gasteiger partial charge in [-0.25, -0.2) is 0 Å². The number of benzene rings is 1. The van der Waals surface area contributed by atoms with E-state index < -0.39 is 0 Å². The Bertz CT molecular complexity index is 660. The lowest BCUT2D eigenvalue weighted by Gasteiger charge is -2.40. The fourth-order valence-electron chi connectivity index (χ4n) is 4.69. The summed E-state index contributed by atoms with van der Waals surface area (Å²) in [6.07, 6.45) is 4.49. The fraction of sp³-hybridized carbons (Fsp3) is 0.636. The van der Waals surface area contributed by atoms with Crippen molar-refractivity contribution in [3.63, 3.8) is 0 Å². The van der Waals surface area contributed by atoms with Gasteiger partial charge in [0.2, 0.25) is 11.8 Å². The molecule has 0 bridgehead atoms. The van der Waals surface area contributed by atoms with Crippen molar-refractivity contribution in [1.82, 2.24) is 19.6 Å². The molecular formula is C22H32N4O2. The Morgan fingerprint density at radius 1 is 0.750 bits per heavy atom. The molecule has 6 nitrogen and oxygen atoms in total. The van der Waals surface area contributed by atoms with Crippen molar-refractivity contribution in [2.24, 2.45) is 0 Å². The monoisotopic (exact) mass is 384 g/mol. The number of carbonyl (C=O) groups excluding carboxylic acids is 2. The van der Waals surface area contributed by atoms with Crippen LogP contribution in [0.25, 0.3) is 0 Å². The molecule has 0 aliphatic carbocycles. The average molecular weight is 385 g/mol. The predicted molar refractivity (Wildman–Crippen MR) is 109 cm³/mol. The highest BCUT2D eigenvalue weighted by Gasteiger charge is 2.34. The van der Waals surface area contributed by atoms with Gasteiger partial charge in [-0.3, -0.25) is 19.4 Å². The first-order valence-electron chi connectivity index (χ1n) is 10.8. The average Bonchev–Trinajstić information content (AvgIpc) is 3.44. The van der Waals surface area contributed by atoms with Gasteiger partial charge in [-0.2, -0.15) is 0 Å². The normalized spacial score (nSPS) is 22.6. The number of rotatable bonds is 5. The van der Waals surface area contributed by atoms with Crippen LogP contribution in [-0.4, -0.2) is 90.3 Å². The third-order valence-corrected chi connectivity index (χ3v) is 6.36. The Hall–Kier alpha value is -1.92. The molecule has 1 unspecified atom stereocenters. The molecule has 3 heterocycles. The molecule has 0 aromatic heterocycles. The quantitative estimate of drug-likeness (QED) is 0.774. The van der Waals surface area contributed by atoms with Gasteiger partial charge in [-0.15, -0.1) is 0 Å². The van der Waals surface area contributed by atoms with Crippen molar-refractivity contribution in [1.29, 1.82) is 0 Å². The van der Waals surface area contributed by atoms with Crippen molar-refractivity contribution >= 4 is 11.8 Å². The summed E-state index contributed by atoms with van der Waals surface area (Å²) in [6, 6.07) is 9.98. The fourth-order valence-corrected chi connectivity index (χ4v) is 4.69. The molecule has 28 heavy (non-hydrogen) atoms. The van der Waals surface area contributed by atoms with Gasteiger partial charge in [0, 0.05) is 52.4 Å². The van der Waals surface area contributed by atoms with Crippen LogP contribution in [-0.2, 0) is 9.59 Å². The van der Waals surface area contributed by atoms with E-state index in [0.29, 0.717) is 6.54 Å². The van der Waals surface area contributed by atoms with E-state index in [1.54, 1.807) is 0 Å². The Kier molecular flexibility index (Phi) is 6.27. The van der Waals surface area contributed by atoms with Crippen molar-refractivity contribution in [2.75, 3.05) is 58.9 Å². The van der Waals surface area contributed by atoms with Gasteiger partial charge in [-0.1, -0.05) is 30.3 Å². The van der Waals surface area contributed by atoms with E-state index >= 15 is 0 Å². The molecule has 1 atom stereocenters. The molecule has 3 fully saturated rings. The second kappa shape index (κ2) is 9.05. The van der Waals surface area contributed by atoms with Crippen LogP contribution in [0.4, 0.5) is 0 Å². The van der Waals surface area contributed by atoms with Crippen molar-refractivity contribution in [2.45, 2.75) is 31.7 Å². The second-order valence-corrected chi connectivity index (χ2v) is 8.25. The smallest absolute Gasteiger partial charge is 0.244 e. The third-order valence-electron chi connectivity index (χ3n) is 6.36. The SMILES string of the molecule is O=C(CN1CCN(C(C(=O)N2CCCC2)c2ccccc2)CC1)N1CCCC1. The molecule has 3 aliphatic rings. The molecule has 0 N–H and O–H groups in total. The van der Waals surface area contributed by atoms with Crippen LogP contribution >= 0.6 is 0 Å². The molecule has 0 spiro atoms. The molecular weight excluding hydrogens is 352 g/mol. The summed E-state index contributed by atoms with van der Waals surface area (Å²) in [5, 5.41) is 0. The van der Waals surface area contributed by atoms with Crippen LogP contribution in [0.1, 0.15) is 37.3 Å². The van der Waals surface area contributed by atoms with Gasteiger partial charge in [-0.05, 0) is 31.2 Å². The lowest BCUT2D eigenvalue weighted by atomic mass is 10.0. The number of likely N-dealkylation sites (tertiary alicyclic amines) is 2. The Morgan fingerprint density at radius 3 is 1.93 bits per heavy atom. The van der Waals surface area contributed by atoms with Gasteiger partial charge in [0.15, 0.2) is 0 Å². The van der Waals surface area contributed by atoms with Crippen LogP contribution in [0.5, 0.6) is 0 Å². The summed E-state index contributed by atoms with van der Waals surface area (Å²) in [5.41, 5.74) is 1.08. The zero-order valence-electron chi connectivity index (χ0n) is 16.8. The first-order chi connectivity index (χ1) is 13.7. The summed E-state index contributed by atoms with van der Waals surface area (Å²) in [5.74, 6) is 0.504. The predicted octanol–water partition coefficient (Wildman–Crippen LogP) is 1.59. The molecule has 2 amide bonds. The molecule has 6 heteroatoms. The van der Waals surface area contributed by atoms with Gasteiger partial charge in [0.25, 0.3) is 0 Å². The van der Waals surface area contributed by atoms with Crippen molar-refractivity contribution in [3.8, 4) is 0 Å². The first-order valence-corrected chi connectivity index (χ1v) is 10.8. The number of hydrogen-bond donors (Lipinski definition) is 0. The van der Waals surface area contributed by atoms with E-state index in [0.717, 1.165) is 83.6 Å². The number of nitrogens with zero attached hydrogens (tertiary/aromatic N) is 4. The molecule has 152 valence electrons. The summed E-state index contributed by atoms with van der Waals surface area (Å²) in [7, 11) is 0. The summed E-state index contributed by atoms with van der Waals surface area (Å²) >= 11 is 0. The molecule has 0 radical (unpaired) electrons. The molecule has 3 aliphatic heterocycles. The topological polar surface area (TPSA) is 47.1 Å². The largest absolute Gasteiger partial charge is 0.342 e. The maximum atomic E-state index is 13.3. The minimum Gasteiger partial charge on any atom is -0.342 e. The van der Waals surface area contributed by atoms with Crippen LogP contribution in [0.15, 0.2) is 30.3 Å². The zero-order chi connectivity index (χ0) is 19.3. The maximum Gasteiger partial charge on any atom is 0.244 e. The van der Waals surface area contributed by atoms with E-state index in [-0.39, 0.29) is 17.9 Å². The zero-order valence-corrected chi connectivity index (χ0v) is 16.8. The van der Waals surface area contributed by atoms with E-state index in [1.165, 1.54) is 0 Å². The van der Waals surface area contributed by atoms with Gasteiger partial charge < -0.3 is 9.80 Å². The summed E-state index contributed by atoms with van der Waals surface area (Å²) in [4.78, 5) is 34.3. The van der Waals surface area contributed by atoms with E-state index in [2.05, 4.69) is 21.9 Å². The lowest BCUT2D eigenvalue weighted by molar-refractivity contribution is -0.138. The van der Waals surface area contributed by atoms with Crippen LogP contribution in [0, 0.1) is 0 Å². The summed E-state index contributed by atoms with van der Waals surface area (Å²) in [6.45, 7) is 7.45. The minimum absolute atomic E-state index is 0.198. The highest BCUT2D eigenvalue weighted by molar-refractivity contribution is 5.83. The van der Waals surface area contributed by atoms with E-state index in [1.807, 2.05) is 28.0 Å². The molecule has 1 aromatic carbocycles. The highest BCUT2D eigenvalue weighted by atomic mass is 16.2. The molecule has 4 rings (SSSR count). The van der Waals surface area contributed by atoms with Crippen LogP contribution in [0.2, 0.25) is 0 Å². The maximum absolute atomic E-state index is 13.3. The standard InChI is InChI=1S/C22H32N4O2/c27-20(24-10-4-5-11-24)18-23-14-16-25(17-15-23)21(19-8-2-1-3-9-19)22(28)26-12-6-7-13-26/h1-3,8-9,21H,4-7,10-18H2. The lowest BCUT2D eigenvalue weighted by Crippen LogP contribution is -2.53. The van der Waals surface area contributed by atoms with Crippen molar-refractivity contribution < 1.29 is 9.59 Å². The van der Waals surface area contributed by atoms with Crippen LogP contribution < -0.4 is 0 Å². The Morgan fingerprint density at radius 2 is 1.32 bits per heavy atom. The number of hydrogen-bond acceptors (Lipinski definition) is 4. The van der Waals surface area contributed by atoms with Gasteiger partial charge in [0.1, 0.15) is 6.04 Å². The number of piperazine rings is 1. The number of carbonyl (C=O) groups is 2. The van der Waals surface area contributed by atoms with Gasteiger partial charge >= 0.3 is 0 Å². The molecule has 3 saturated heterocycles. The summed E-state index contributed by atoms with van der Waals surface area (Å²) < 4.78 is 0. The van der Waals surface area contributed by atoms with Crippen LogP contribution in [0.3, 0.4) is 0 Å². The third kappa shape index (κ3) is 4.39. The van der Waals surface area contributed by atoms with Crippen molar-refractivity contribution in [3.05, 3.63) is 35.9 Å². The Labute approximate surface area is 168 Å². The first kappa shape index (κ1) is 19.4. The van der Waals surface area contributed by atoms with E-state index in [9.17, 15) is 9.59 Å². The highest BCUT2D eigenvalue weighted by Crippen LogP contribution is 2.26. The molecule has 1 aromatic rings. The second-order valence-electron chi connectivity index (χ2n) is 8.25.